The van der Waals surface area contributed by atoms with Crippen LogP contribution in [0.2, 0.25) is 0 Å². The number of pyridine rings is 1. The SMILES string of the molecule is COCCNc1nc2c(C)cccn2c(=O)c1C=C1SC(=S)N(C2CCCCC2)C1=O. The van der Waals surface area contributed by atoms with Crippen LogP contribution in [-0.4, -0.2) is 50.8 Å². The number of nitrogens with one attached hydrogen (secondary N) is 1. The predicted molar refractivity (Wildman–Crippen MR) is 128 cm³/mol. The van der Waals surface area contributed by atoms with E-state index in [1.807, 2.05) is 19.1 Å². The molecule has 2 aliphatic rings. The minimum atomic E-state index is -0.225. The Morgan fingerprint density at radius 3 is 2.84 bits per heavy atom. The van der Waals surface area contributed by atoms with Gasteiger partial charge in [0.05, 0.1) is 17.1 Å². The van der Waals surface area contributed by atoms with Gasteiger partial charge in [-0.25, -0.2) is 4.98 Å². The van der Waals surface area contributed by atoms with Crippen LogP contribution < -0.4 is 10.9 Å². The number of methoxy groups -OCH3 is 1. The summed E-state index contributed by atoms with van der Waals surface area (Å²) in [5.41, 5.74) is 1.60. The molecule has 0 spiro atoms. The Balaban J connectivity index is 1.75. The fourth-order valence-electron chi connectivity index (χ4n) is 4.11. The van der Waals surface area contributed by atoms with Gasteiger partial charge in [-0.15, -0.1) is 0 Å². The molecule has 7 nitrogen and oxygen atoms in total. The molecule has 0 radical (unpaired) electrons. The van der Waals surface area contributed by atoms with E-state index >= 15 is 0 Å². The van der Waals surface area contributed by atoms with Gasteiger partial charge in [0.1, 0.15) is 15.8 Å². The molecule has 1 aliphatic carbocycles. The molecule has 9 heteroatoms. The van der Waals surface area contributed by atoms with E-state index in [2.05, 4.69) is 10.3 Å². The van der Waals surface area contributed by atoms with Crippen molar-refractivity contribution in [2.24, 2.45) is 0 Å². The summed E-state index contributed by atoms with van der Waals surface area (Å²) in [6.45, 7) is 2.88. The van der Waals surface area contributed by atoms with Gasteiger partial charge in [-0.2, -0.15) is 0 Å². The van der Waals surface area contributed by atoms with Crippen LogP contribution in [0.5, 0.6) is 0 Å². The number of ether oxygens (including phenoxy) is 1. The Morgan fingerprint density at radius 2 is 2.10 bits per heavy atom. The second-order valence-corrected chi connectivity index (χ2v) is 9.50. The highest BCUT2D eigenvalue weighted by molar-refractivity contribution is 8.26. The van der Waals surface area contributed by atoms with E-state index < -0.39 is 0 Å². The van der Waals surface area contributed by atoms with Crippen LogP contribution in [0.3, 0.4) is 0 Å². The number of carbonyl (C=O) groups excluding carboxylic acids is 1. The number of hydrogen-bond acceptors (Lipinski definition) is 7. The maximum absolute atomic E-state index is 13.3. The lowest BCUT2D eigenvalue weighted by Gasteiger charge is -2.29. The quantitative estimate of drug-likeness (QED) is 0.403. The molecular weight excluding hydrogens is 432 g/mol. The molecular formula is C22H26N4O3S2. The van der Waals surface area contributed by atoms with E-state index in [4.69, 9.17) is 17.0 Å². The Bertz CT molecular complexity index is 1110. The van der Waals surface area contributed by atoms with Crippen LogP contribution in [0.25, 0.3) is 11.7 Å². The third kappa shape index (κ3) is 4.40. The second kappa shape index (κ2) is 9.50. The zero-order chi connectivity index (χ0) is 22.0. The monoisotopic (exact) mass is 458 g/mol. The Morgan fingerprint density at radius 1 is 1.32 bits per heavy atom. The van der Waals surface area contributed by atoms with Gasteiger partial charge >= 0.3 is 0 Å². The molecule has 1 aliphatic heterocycles. The van der Waals surface area contributed by atoms with Crippen molar-refractivity contribution in [3.05, 3.63) is 44.7 Å². The number of aromatic nitrogens is 2. The van der Waals surface area contributed by atoms with E-state index in [0.717, 1.165) is 31.2 Å². The fourth-order valence-corrected chi connectivity index (χ4v) is 5.50. The van der Waals surface area contributed by atoms with E-state index in [9.17, 15) is 9.59 Å². The standard InChI is InChI=1S/C22H26N4O3S2/c1-14-7-6-11-25-19(14)24-18(23-10-12-29-2)16(20(25)27)13-17-21(28)26(22(30)31-17)15-8-4-3-5-9-15/h6-7,11,13,15,23H,3-5,8-10,12H2,1-2H3. The topological polar surface area (TPSA) is 75.9 Å². The first-order valence-corrected chi connectivity index (χ1v) is 11.8. The van der Waals surface area contributed by atoms with Gasteiger partial charge in [0.15, 0.2) is 0 Å². The molecule has 2 aromatic heterocycles. The summed E-state index contributed by atoms with van der Waals surface area (Å²) in [4.78, 5) is 33.4. The minimum Gasteiger partial charge on any atom is -0.383 e. The number of aryl methyl sites for hydroxylation is 1. The lowest BCUT2D eigenvalue weighted by Crippen LogP contribution is -2.39. The van der Waals surface area contributed by atoms with Crippen LogP contribution in [0.4, 0.5) is 5.82 Å². The minimum absolute atomic E-state index is 0.113. The second-order valence-electron chi connectivity index (χ2n) is 7.83. The predicted octanol–water partition coefficient (Wildman–Crippen LogP) is 3.60. The smallest absolute Gasteiger partial charge is 0.267 e. The first-order valence-electron chi connectivity index (χ1n) is 10.5. The van der Waals surface area contributed by atoms with E-state index in [0.29, 0.717) is 39.4 Å². The Labute approximate surface area is 190 Å². The summed E-state index contributed by atoms with van der Waals surface area (Å²) >= 11 is 6.80. The zero-order valence-electron chi connectivity index (χ0n) is 17.7. The number of nitrogens with zero attached hydrogens (tertiary/aromatic N) is 3. The van der Waals surface area contributed by atoms with Crippen molar-refractivity contribution in [2.75, 3.05) is 25.6 Å². The summed E-state index contributed by atoms with van der Waals surface area (Å²) in [5.74, 6) is 0.331. The molecule has 2 aromatic rings. The lowest BCUT2D eigenvalue weighted by atomic mass is 9.94. The molecule has 31 heavy (non-hydrogen) atoms. The van der Waals surface area contributed by atoms with Crippen LogP contribution in [0, 0.1) is 6.92 Å². The van der Waals surface area contributed by atoms with Crippen molar-refractivity contribution in [1.29, 1.82) is 0 Å². The first kappa shape index (κ1) is 22.0. The van der Waals surface area contributed by atoms with Gasteiger partial charge in [0, 0.05) is 25.9 Å². The van der Waals surface area contributed by atoms with Gasteiger partial charge in [-0.3, -0.25) is 18.9 Å². The molecule has 0 unspecified atom stereocenters. The van der Waals surface area contributed by atoms with Gasteiger partial charge in [-0.1, -0.05) is 49.3 Å². The van der Waals surface area contributed by atoms with E-state index in [-0.39, 0.29) is 17.5 Å². The molecule has 1 N–H and O–H groups in total. The maximum atomic E-state index is 13.3. The third-order valence-electron chi connectivity index (χ3n) is 5.72. The molecule has 4 rings (SSSR count). The highest BCUT2D eigenvalue weighted by Gasteiger charge is 2.37. The third-order valence-corrected chi connectivity index (χ3v) is 7.05. The lowest BCUT2D eigenvalue weighted by molar-refractivity contribution is -0.124. The molecule has 164 valence electrons. The number of rotatable bonds is 6. The fraction of sp³-hybridized carbons (Fsp3) is 0.455. The molecule has 2 fully saturated rings. The largest absolute Gasteiger partial charge is 0.383 e. The number of amides is 1. The van der Waals surface area contributed by atoms with Crippen molar-refractivity contribution in [3.8, 4) is 0 Å². The number of anilines is 1. The average Bonchev–Trinajstić information content (AvgIpc) is 3.05. The number of fused-ring (bicyclic) bond motifs is 1. The van der Waals surface area contributed by atoms with Crippen molar-refractivity contribution in [2.45, 2.75) is 45.1 Å². The van der Waals surface area contributed by atoms with E-state index in [1.165, 1.54) is 22.6 Å². The van der Waals surface area contributed by atoms with Crippen LogP contribution >= 0.6 is 24.0 Å². The molecule has 0 aromatic carbocycles. The van der Waals surface area contributed by atoms with Crippen molar-refractivity contribution in [3.63, 3.8) is 0 Å². The molecule has 1 amide bonds. The number of hydrogen-bond donors (Lipinski definition) is 1. The highest BCUT2D eigenvalue weighted by Crippen LogP contribution is 2.37. The van der Waals surface area contributed by atoms with Crippen LogP contribution in [0.15, 0.2) is 28.0 Å². The molecule has 1 saturated heterocycles. The summed E-state index contributed by atoms with van der Waals surface area (Å²) in [7, 11) is 1.62. The van der Waals surface area contributed by atoms with Crippen molar-refractivity contribution >= 4 is 51.7 Å². The summed E-state index contributed by atoms with van der Waals surface area (Å²) < 4.78 is 7.21. The molecule has 0 atom stereocenters. The summed E-state index contributed by atoms with van der Waals surface area (Å²) in [5, 5.41) is 3.19. The number of carbonyl (C=O) groups is 1. The molecule has 1 saturated carbocycles. The zero-order valence-corrected chi connectivity index (χ0v) is 19.4. The van der Waals surface area contributed by atoms with Crippen molar-refractivity contribution in [1.82, 2.24) is 14.3 Å². The van der Waals surface area contributed by atoms with Gasteiger partial charge < -0.3 is 10.1 Å². The van der Waals surface area contributed by atoms with Gasteiger partial charge in [0.2, 0.25) is 0 Å². The van der Waals surface area contributed by atoms with Crippen LogP contribution in [0.1, 0.15) is 43.2 Å². The summed E-state index contributed by atoms with van der Waals surface area (Å²) in [6.07, 6.45) is 8.72. The first-order chi connectivity index (χ1) is 15.0. The van der Waals surface area contributed by atoms with Crippen LogP contribution in [-0.2, 0) is 9.53 Å². The van der Waals surface area contributed by atoms with E-state index in [1.54, 1.807) is 24.3 Å². The Hall–Kier alpha value is -2.23. The molecule has 0 bridgehead atoms. The number of thioether (sulfide) groups is 1. The van der Waals surface area contributed by atoms with Gasteiger partial charge in [0.25, 0.3) is 11.5 Å². The normalized spacial score (nSPS) is 19.0. The highest BCUT2D eigenvalue weighted by atomic mass is 32.2. The maximum Gasteiger partial charge on any atom is 0.267 e. The van der Waals surface area contributed by atoms with Crippen molar-refractivity contribution < 1.29 is 9.53 Å². The Kier molecular flexibility index (Phi) is 6.74. The average molecular weight is 459 g/mol. The molecule has 3 heterocycles. The summed E-state index contributed by atoms with van der Waals surface area (Å²) in [6, 6.07) is 3.88. The van der Waals surface area contributed by atoms with Gasteiger partial charge in [-0.05, 0) is 37.5 Å². The number of thiocarbonyl (C=S) groups is 1.